The largest absolute Gasteiger partial charge is 0.493 e. The SMILES string of the molecule is COc1ccc(C=C(C#N)C(=O)Nc2ccc3c(c2)OCCO3)cc1OCc1ccccc1C. The molecule has 1 N–H and O–H groups in total. The second-order valence-electron chi connectivity index (χ2n) is 7.61. The molecule has 172 valence electrons. The molecule has 1 aliphatic rings. The van der Waals surface area contributed by atoms with Crippen LogP contribution in [0.3, 0.4) is 0 Å². The van der Waals surface area contributed by atoms with Gasteiger partial charge in [-0.25, -0.2) is 0 Å². The van der Waals surface area contributed by atoms with Crippen LogP contribution in [0.15, 0.2) is 66.2 Å². The summed E-state index contributed by atoms with van der Waals surface area (Å²) in [6, 6.07) is 20.3. The molecule has 0 bridgehead atoms. The number of nitriles is 1. The lowest BCUT2D eigenvalue weighted by Gasteiger charge is -2.18. The Hall–Kier alpha value is -4.44. The minimum absolute atomic E-state index is 0.0510. The van der Waals surface area contributed by atoms with Gasteiger partial charge in [0, 0.05) is 11.8 Å². The van der Waals surface area contributed by atoms with Gasteiger partial charge in [-0.2, -0.15) is 5.26 Å². The van der Waals surface area contributed by atoms with Gasteiger partial charge in [0.2, 0.25) is 0 Å². The number of carbonyl (C=O) groups is 1. The topological polar surface area (TPSA) is 89.8 Å². The Labute approximate surface area is 198 Å². The molecule has 7 heteroatoms. The number of amides is 1. The van der Waals surface area contributed by atoms with E-state index >= 15 is 0 Å². The molecule has 34 heavy (non-hydrogen) atoms. The number of ether oxygens (including phenoxy) is 4. The Morgan fingerprint density at radius 3 is 2.62 bits per heavy atom. The first kappa shape index (κ1) is 22.7. The van der Waals surface area contributed by atoms with E-state index in [0.29, 0.717) is 54.1 Å². The molecule has 3 aromatic carbocycles. The highest BCUT2D eigenvalue weighted by Gasteiger charge is 2.15. The molecular weight excluding hydrogens is 432 g/mol. The van der Waals surface area contributed by atoms with Crippen LogP contribution < -0.4 is 24.3 Å². The lowest BCUT2D eigenvalue weighted by atomic mass is 10.1. The predicted molar refractivity (Wildman–Crippen MR) is 128 cm³/mol. The van der Waals surface area contributed by atoms with Crippen LogP contribution in [-0.2, 0) is 11.4 Å². The van der Waals surface area contributed by atoms with Gasteiger partial charge in [-0.05, 0) is 54.0 Å². The maximum absolute atomic E-state index is 12.7. The second-order valence-corrected chi connectivity index (χ2v) is 7.61. The van der Waals surface area contributed by atoms with Gasteiger partial charge in [-0.1, -0.05) is 30.3 Å². The van der Waals surface area contributed by atoms with E-state index in [1.807, 2.05) is 37.3 Å². The summed E-state index contributed by atoms with van der Waals surface area (Å²) in [6.07, 6.45) is 1.51. The van der Waals surface area contributed by atoms with Crippen molar-refractivity contribution in [2.75, 3.05) is 25.6 Å². The molecule has 3 aromatic rings. The van der Waals surface area contributed by atoms with Gasteiger partial charge in [0.05, 0.1) is 7.11 Å². The number of benzene rings is 3. The number of aryl methyl sites for hydroxylation is 1. The lowest BCUT2D eigenvalue weighted by Crippen LogP contribution is -2.17. The van der Waals surface area contributed by atoms with Crippen LogP contribution in [0.2, 0.25) is 0 Å². The van der Waals surface area contributed by atoms with E-state index < -0.39 is 5.91 Å². The fourth-order valence-corrected chi connectivity index (χ4v) is 3.46. The van der Waals surface area contributed by atoms with Crippen molar-refractivity contribution in [1.29, 1.82) is 5.26 Å². The quantitative estimate of drug-likeness (QED) is 0.402. The third kappa shape index (κ3) is 5.30. The molecule has 0 atom stereocenters. The van der Waals surface area contributed by atoms with E-state index in [-0.39, 0.29) is 5.57 Å². The van der Waals surface area contributed by atoms with Gasteiger partial charge in [-0.15, -0.1) is 0 Å². The molecule has 0 unspecified atom stereocenters. The fraction of sp³-hybridized carbons (Fsp3) is 0.185. The van der Waals surface area contributed by atoms with E-state index in [2.05, 4.69) is 5.32 Å². The first-order chi connectivity index (χ1) is 16.6. The maximum atomic E-state index is 12.7. The van der Waals surface area contributed by atoms with Crippen LogP contribution >= 0.6 is 0 Å². The van der Waals surface area contributed by atoms with Gasteiger partial charge in [0.25, 0.3) is 5.91 Å². The monoisotopic (exact) mass is 456 g/mol. The molecule has 1 heterocycles. The summed E-state index contributed by atoms with van der Waals surface area (Å²) in [7, 11) is 1.56. The van der Waals surface area contributed by atoms with Crippen LogP contribution in [0.5, 0.6) is 23.0 Å². The zero-order chi connectivity index (χ0) is 23.9. The molecule has 0 spiro atoms. The molecule has 1 amide bonds. The molecule has 0 saturated carbocycles. The number of carbonyl (C=O) groups excluding carboxylic acids is 1. The number of methoxy groups -OCH3 is 1. The summed E-state index contributed by atoms with van der Waals surface area (Å²) in [5, 5.41) is 12.3. The Balaban J connectivity index is 1.51. The maximum Gasteiger partial charge on any atom is 0.266 e. The number of anilines is 1. The number of hydrogen-bond acceptors (Lipinski definition) is 6. The van der Waals surface area contributed by atoms with E-state index in [0.717, 1.165) is 11.1 Å². The van der Waals surface area contributed by atoms with E-state index in [1.165, 1.54) is 6.08 Å². The van der Waals surface area contributed by atoms with Gasteiger partial charge in [0.15, 0.2) is 23.0 Å². The number of nitrogens with one attached hydrogen (secondary N) is 1. The zero-order valence-corrected chi connectivity index (χ0v) is 19.0. The molecule has 0 fully saturated rings. The zero-order valence-electron chi connectivity index (χ0n) is 19.0. The number of nitrogens with zero attached hydrogens (tertiary/aromatic N) is 1. The Morgan fingerprint density at radius 2 is 1.85 bits per heavy atom. The third-order valence-corrected chi connectivity index (χ3v) is 5.31. The summed E-state index contributed by atoms with van der Waals surface area (Å²) < 4.78 is 22.4. The molecule has 0 aromatic heterocycles. The molecule has 7 nitrogen and oxygen atoms in total. The number of rotatable bonds is 7. The standard InChI is InChI=1S/C27H24N2O5/c1-18-5-3-4-6-20(18)17-34-25-14-19(7-9-23(25)31-2)13-21(16-28)27(30)29-22-8-10-24-26(15-22)33-12-11-32-24/h3-10,13-15H,11-12,17H2,1-2H3,(H,29,30). The number of hydrogen-bond donors (Lipinski definition) is 1. The van der Waals surface area contributed by atoms with Gasteiger partial charge < -0.3 is 24.3 Å². The molecule has 0 radical (unpaired) electrons. The summed E-state index contributed by atoms with van der Waals surface area (Å²) in [5.41, 5.74) is 3.27. The summed E-state index contributed by atoms with van der Waals surface area (Å²) in [4.78, 5) is 12.7. The van der Waals surface area contributed by atoms with E-state index in [9.17, 15) is 10.1 Å². The van der Waals surface area contributed by atoms with Crippen molar-refractivity contribution in [1.82, 2.24) is 0 Å². The van der Waals surface area contributed by atoms with Crippen LogP contribution in [0, 0.1) is 18.3 Å². The average molecular weight is 456 g/mol. The van der Waals surface area contributed by atoms with Crippen LogP contribution in [-0.4, -0.2) is 26.2 Å². The Morgan fingerprint density at radius 1 is 1.06 bits per heavy atom. The van der Waals surface area contributed by atoms with Gasteiger partial charge in [0.1, 0.15) is 31.5 Å². The van der Waals surface area contributed by atoms with Crippen molar-refractivity contribution in [2.24, 2.45) is 0 Å². The molecule has 0 aliphatic carbocycles. The first-order valence-electron chi connectivity index (χ1n) is 10.8. The summed E-state index contributed by atoms with van der Waals surface area (Å²) >= 11 is 0. The Kier molecular flexibility index (Phi) is 6.99. The summed E-state index contributed by atoms with van der Waals surface area (Å²) in [6.45, 7) is 3.32. The third-order valence-electron chi connectivity index (χ3n) is 5.31. The fourth-order valence-electron chi connectivity index (χ4n) is 3.46. The van der Waals surface area contributed by atoms with Crippen molar-refractivity contribution in [3.05, 3.63) is 82.9 Å². The highest BCUT2D eigenvalue weighted by molar-refractivity contribution is 6.09. The highest BCUT2D eigenvalue weighted by Crippen LogP contribution is 2.33. The van der Waals surface area contributed by atoms with Gasteiger partial charge in [-0.3, -0.25) is 4.79 Å². The van der Waals surface area contributed by atoms with Gasteiger partial charge >= 0.3 is 0 Å². The second kappa shape index (κ2) is 10.5. The smallest absolute Gasteiger partial charge is 0.266 e. The Bertz CT molecular complexity index is 1280. The van der Waals surface area contributed by atoms with Crippen LogP contribution in [0.25, 0.3) is 6.08 Å². The minimum atomic E-state index is -0.530. The van der Waals surface area contributed by atoms with Crippen molar-refractivity contribution in [3.8, 4) is 29.1 Å². The highest BCUT2D eigenvalue weighted by atomic mass is 16.6. The molecule has 0 saturated heterocycles. The van der Waals surface area contributed by atoms with E-state index in [4.69, 9.17) is 18.9 Å². The molecule has 4 rings (SSSR count). The first-order valence-corrected chi connectivity index (χ1v) is 10.8. The molecule has 1 aliphatic heterocycles. The van der Waals surface area contributed by atoms with Crippen LogP contribution in [0.1, 0.15) is 16.7 Å². The minimum Gasteiger partial charge on any atom is -0.493 e. The van der Waals surface area contributed by atoms with Crippen molar-refractivity contribution in [2.45, 2.75) is 13.5 Å². The lowest BCUT2D eigenvalue weighted by molar-refractivity contribution is -0.112. The number of fused-ring (bicyclic) bond motifs is 1. The molecular formula is C27H24N2O5. The normalized spacial score (nSPS) is 12.4. The van der Waals surface area contributed by atoms with Crippen molar-refractivity contribution < 1.29 is 23.7 Å². The van der Waals surface area contributed by atoms with Crippen LogP contribution in [0.4, 0.5) is 5.69 Å². The van der Waals surface area contributed by atoms with Crippen molar-refractivity contribution in [3.63, 3.8) is 0 Å². The summed E-state index contributed by atoms with van der Waals surface area (Å²) in [5.74, 6) is 1.72. The predicted octanol–water partition coefficient (Wildman–Crippen LogP) is 4.90. The van der Waals surface area contributed by atoms with E-state index in [1.54, 1.807) is 43.5 Å². The average Bonchev–Trinajstić information content (AvgIpc) is 2.86. The van der Waals surface area contributed by atoms with Crippen molar-refractivity contribution >= 4 is 17.7 Å².